The first-order chi connectivity index (χ1) is 4.00. The van der Waals surface area contributed by atoms with Gasteiger partial charge >= 0.3 is 0 Å². The third kappa shape index (κ3) is 2.85. The fourth-order valence-corrected chi connectivity index (χ4v) is 0.539. The van der Waals surface area contributed by atoms with Gasteiger partial charge in [0.15, 0.2) is 0 Å². The maximum atomic E-state index is 5.07. The molecule has 1 heteroatoms. The van der Waals surface area contributed by atoms with E-state index in [1.807, 2.05) is 0 Å². The Labute approximate surface area is 58.4 Å². The van der Waals surface area contributed by atoms with Crippen LogP contribution in [0.3, 0.4) is 0 Å². The van der Waals surface area contributed by atoms with Crippen molar-refractivity contribution >= 4 is 0 Å². The lowest BCUT2D eigenvalue weighted by Gasteiger charge is -2.27. The Kier molecular flexibility index (Phi) is 3.20. The van der Waals surface area contributed by atoms with Crippen molar-refractivity contribution in [1.82, 2.24) is 0 Å². The fraction of sp³-hybridized carbons (Fsp3) is 1.00. The van der Waals surface area contributed by atoms with Crippen LogP contribution in [0.4, 0.5) is 0 Å². The zero-order valence-electron chi connectivity index (χ0n) is 7.19. The van der Waals surface area contributed by atoms with Crippen molar-refractivity contribution in [3.8, 4) is 0 Å². The summed E-state index contributed by atoms with van der Waals surface area (Å²) in [7, 11) is 1.75. The maximum Gasteiger partial charge on any atom is 0.0515 e. The summed E-state index contributed by atoms with van der Waals surface area (Å²) < 4.78 is 5.07. The van der Waals surface area contributed by atoms with Crippen molar-refractivity contribution in [2.45, 2.75) is 27.7 Å². The van der Waals surface area contributed by atoms with E-state index < -0.39 is 0 Å². The van der Waals surface area contributed by atoms with Crippen LogP contribution in [-0.2, 0) is 4.74 Å². The summed E-state index contributed by atoms with van der Waals surface area (Å²) in [6.45, 7) is 9.74. The molecule has 0 aliphatic carbocycles. The highest BCUT2D eigenvalue weighted by molar-refractivity contribution is 4.70. The number of rotatable bonds is 3. The minimum Gasteiger partial charge on any atom is -0.384 e. The summed E-state index contributed by atoms with van der Waals surface area (Å²) in [6, 6.07) is 0. The van der Waals surface area contributed by atoms with Crippen LogP contribution >= 0.6 is 0 Å². The molecule has 0 aliphatic heterocycles. The molecule has 9 heavy (non-hydrogen) atoms. The van der Waals surface area contributed by atoms with E-state index >= 15 is 0 Å². The number of hydrogen-bond acceptors (Lipinski definition) is 1. The van der Waals surface area contributed by atoms with E-state index in [1.165, 1.54) is 0 Å². The van der Waals surface area contributed by atoms with Crippen molar-refractivity contribution in [3.63, 3.8) is 0 Å². The third-order valence-corrected chi connectivity index (χ3v) is 2.08. The largest absolute Gasteiger partial charge is 0.384 e. The predicted molar refractivity (Wildman–Crippen MR) is 40.5 cm³/mol. The van der Waals surface area contributed by atoms with E-state index in [1.54, 1.807) is 7.11 Å². The second kappa shape index (κ2) is 3.21. The number of hydrogen-bond donors (Lipinski definition) is 0. The lowest BCUT2D eigenvalue weighted by molar-refractivity contribution is 0.0717. The normalized spacial score (nSPS) is 12.7. The molecule has 0 N–H and O–H groups in total. The second-order valence-electron chi connectivity index (χ2n) is 3.58. The minimum absolute atomic E-state index is 0.328. The van der Waals surface area contributed by atoms with Crippen LogP contribution in [0.5, 0.6) is 0 Å². The topological polar surface area (TPSA) is 9.23 Å². The Morgan fingerprint density at radius 2 is 1.78 bits per heavy atom. The smallest absolute Gasteiger partial charge is 0.0515 e. The van der Waals surface area contributed by atoms with Crippen molar-refractivity contribution in [2.75, 3.05) is 13.7 Å². The van der Waals surface area contributed by atoms with E-state index in [0.717, 1.165) is 6.61 Å². The van der Waals surface area contributed by atoms with E-state index in [-0.39, 0.29) is 0 Å². The van der Waals surface area contributed by atoms with E-state index in [9.17, 15) is 0 Å². The molecule has 0 aliphatic rings. The highest BCUT2D eigenvalue weighted by Gasteiger charge is 2.21. The molecule has 56 valence electrons. The van der Waals surface area contributed by atoms with Crippen LogP contribution in [-0.4, -0.2) is 13.7 Å². The van der Waals surface area contributed by atoms with Gasteiger partial charge in [0, 0.05) is 7.11 Å². The number of ether oxygens (including phenoxy) is 1. The summed E-state index contributed by atoms with van der Waals surface area (Å²) in [5.41, 5.74) is 0.328. The lowest BCUT2D eigenvalue weighted by Crippen LogP contribution is -2.24. The van der Waals surface area contributed by atoms with Crippen molar-refractivity contribution in [3.05, 3.63) is 0 Å². The van der Waals surface area contributed by atoms with Crippen LogP contribution in [0.15, 0.2) is 0 Å². The molecule has 0 spiro atoms. The molecule has 0 rings (SSSR count). The first-order valence-corrected chi connectivity index (χ1v) is 3.49. The third-order valence-electron chi connectivity index (χ3n) is 2.08. The Bertz CT molecular complexity index is 74.6. The van der Waals surface area contributed by atoms with Gasteiger partial charge in [-0.15, -0.1) is 0 Å². The molecule has 0 atom stereocenters. The van der Waals surface area contributed by atoms with Crippen LogP contribution < -0.4 is 0 Å². The summed E-state index contributed by atoms with van der Waals surface area (Å²) in [5.74, 6) is 0.692. The van der Waals surface area contributed by atoms with Crippen LogP contribution in [0.25, 0.3) is 0 Å². The molecular weight excluding hydrogens is 112 g/mol. The van der Waals surface area contributed by atoms with Gasteiger partial charge in [0.05, 0.1) is 6.61 Å². The molecule has 0 aromatic carbocycles. The van der Waals surface area contributed by atoms with Gasteiger partial charge in [0.2, 0.25) is 0 Å². The zero-order valence-corrected chi connectivity index (χ0v) is 7.19. The Balaban J connectivity index is 3.70. The molecule has 0 saturated heterocycles. The Hall–Kier alpha value is -0.0400. The van der Waals surface area contributed by atoms with Gasteiger partial charge in [-0.25, -0.2) is 0 Å². The molecule has 1 nitrogen and oxygen atoms in total. The second-order valence-corrected chi connectivity index (χ2v) is 3.58. The van der Waals surface area contributed by atoms with Gasteiger partial charge in [-0.1, -0.05) is 27.7 Å². The van der Waals surface area contributed by atoms with Crippen molar-refractivity contribution in [1.29, 1.82) is 0 Å². The highest BCUT2D eigenvalue weighted by atomic mass is 16.5. The van der Waals surface area contributed by atoms with Gasteiger partial charge in [0.1, 0.15) is 0 Å². The summed E-state index contributed by atoms with van der Waals surface area (Å²) in [5, 5.41) is 0. The van der Waals surface area contributed by atoms with Gasteiger partial charge in [0.25, 0.3) is 0 Å². The van der Waals surface area contributed by atoms with Crippen molar-refractivity contribution < 1.29 is 4.74 Å². The zero-order chi connectivity index (χ0) is 7.49. The summed E-state index contributed by atoms with van der Waals surface area (Å²) in [4.78, 5) is 0. The first-order valence-electron chi connectivity index (χ1n) is 3.49. The summed E-state index contributed by atoms with van der Waals surface area (Å²) >= 11 is 0. The van der Waals surface area contributed by atoms with Gasteiger partial charge in [-0.3, -0.25) is 0 Å². The van der Waals surface area contributed by atoms with Gasteiger partial charge in [-0.05, 0) is 11.3 Å². The Morgan fingerprint density at radius 1 is 1.33 bits per heavy atom. The molecule has 0 radical (unpaired) electrons. The van der Waals surface area contributed by atoms with E-state index in [2.05, 4.69) is 27.7 Å². The molecule has 0 aromatic heterocycles. The monoisotopic (exact) mass is 130 g/mol. The molecular formula is C8H18O. The molecule has 0 amide bonds. The number of methoxy groups -OCH3 is 1. The van der Waals surface area contributed by atoms with Crippen molar-refractivity contribution in [2.24, 2.45) is 11.3 Å². The standard InChI is InChI=1S/C8H18O/c1-7(2)8(3,4)6-9-5/h7H,6H2,1-5H3. The molecule has 0 fully saturated rings. The molecule has 0 saturated carbocycles. The predicted octanol–water partition coefficient (Wildman–Crippen LogP) is 2.32. The SMILES string of the molecule is COCC(C)(C)C(C)C. The molecule has 0 unspecified atom stereocenters. The Morgan fingerprint density at radius 3 is 1.89 bits per heavy atom. The lowest BCUT2D eigenvalue weighted by atomic mass is 9.82. The van der Waals surface area contributed by atoms with Crippen LogP contribution in [0, 0.1) is 11.3 Å². The van der Waals surface area contributed by atoms with Crippen LogP contribution in [0.1, 0.15) is 27.7 Å². The average molecular weight is 130 g/mol. The van der Waals surface area contributed by atoms with E-state index in [0.29, 0.717) is 11.3 Å². The van der Waals surface area contributed by atoms with Gasteiger partial charge in [-0.2, -0.15) is 0 Å². The fourth-order valence-electron chi connectivity index (χ4n) is 0.539. The van der Waals surface area contributed by atoms with Crippen LogP contribution in [0.2, 0.25) is 0 Å². The minimum atomic E-state index is 0.328. The average Bonchev–Trinajstić information content (AvgIpc) is 1.65. The highest BCUT2D eigenvalue weighted by Crippen LogP contribution is 2.25. The molecule has 0 aromatic rings. The molecule has 0 bridgehead atoms. The quantitative estimate of drug-likeness (QED) is 0.569. The molecule has 0 heterocycles. The summed E-state index contributed by atoms with van der Waals surface area (Å²) in [6.07, 6.45) is 0. The first kappa shape index (κ1) is 8.96. The van der Waals surface area contributed by atoms with Gasteiger partial charge < -0.3 is 4.74 Å². The van der Waals surface area contributed by atoms with E-state index in [4.69, 9.17) is 4.74 Å². The maximum absolute atomic E-state index is 5.07.